The Labute approximate surface area is 73.8 Å². The summed E-state index contributed by atoms with van der Waals surface area (Å²) in [6.45, 7) is 1.79. The highest BCUT2D eigenvalue weighted by molar-refractivity contribution is 5.93. The third-order valence-electron chi connectivity index (χ3n) is 1.89. The number of carboxylic acids is 1. The maximum atomic E-state index is 10.7. The van der Waals surface area contributed by atoms with Crippen LogP contribution in [-0.2, 0) is 0 Å². The molecule has 0 saturated heterocycles. The SMILES string of the molecule is Cc1cc(C(=O)O)cc2cnoc12. The average molecular weight is 177 g/mol. The standard InChI is InChI=1S/C9H7NO3/c1-5-2-6(9(11)12)3-7-4-10-13-8(5)7/h2-4H,1H3,(H,11,12). The van der Waals surface area contributed by atoms with Gasteiger partial charge in [-0.2, -0.15) is 0 Å². The third kappa shape index (κ3) is 1.16. The number of rotatable bonds is 1. The first-order chi connectivity index (χ1) is 6.18. The normalized spacial score (nSPS) is 10.5. The summed E-state index contributed by atoms with van der Waals surface area (Å²) in [5.74, 6) is -0.939. The first-order valence-electron chi connectivity index (χ1n) is 3.77. The zero-order valence-corrected chi connectivity index (χ0v) is 6.94. The molecule has 2 rings (SSSR count). The maximum Gasteiger partial charge on any atom is 0.335 e. The summed E-state index contributed by atoms with van der Waals surface area (Å²) >= 11 is 0. The van der Waals surface area contributed by atoms with Crippen LogP contribution in [0.25, 0.3) is 11.0 Å². The predicted molar refractivity (Wildman–Crippen MR) is 45.7 cm³/mol. The monoisotopic (exact) mass is 177 g/mol. The van der Waals surface area contributed by atoms with Gasteiger partial charge in [0.1, 0.15) is 0 Å². The van der Waals surface area contributed by atoms with Gasteiger partial charge in [-0.1, -0.05) is 5.16 Å². The summed E-state index contributed by atoms with van der Waals surface area (Å²) < 4.78 is 4.94. The minimum absolute atomic E-state index is 0.258. The van der Waals surface area contributed by atoms with E-state index in [1.54, 1.807) is 19.1 Å². The lowest BCUT2D eigenvalue weighted by atomic mass is 10.1. The van der Waals surface area contributed by atoms with Crippen molar-refractivity contribution in [3.63, 3.8) is 0 Å². The molecule has 0 aliphatic rings. The highest BCUT2D eigenvalue weighted by Crippen LogP contribution is 2.19. The van der Waals surface area contributed by atoms with Crippen LogP contribution < -0.4 is 0 Å². The quantitative estimate of drug-likeness (QED) is 0.721. The number of hydrogen-bond donors (Lipinski definition) is 1. The number of benzene rings is 1. The molecule has 66 valence electrons. The maximum absolute atomic E-state index is 10.7. The fraction of sp³-hybridized carbons (Fsp3) is 0.111. The molecule has 1 aromatic carbocycles. The number of aromatic carboxylic acids is 1. The minimum atomic E-state index is -0.939. The van der Waals surface area contributed by atoms with E-state index in [-0.39, 0.29) is 5.56 Å². The molecular formula is C9H7NO3. The number of carboxylic acid groups (broad SMARTS) is 1. The summed E-state index contributed by atoms with van der Waals surface area (Å²) in [5, 5.41) is 13.1. The first kappa shape index (κ1) is 7.79. The number of hydrogen-bond acceptors (Lipinski definition) is 3. The van der Waals surface area contributed by atoms with E-state index < -0.39 is 5.97 Å². The molecule has 1 N–H and O–H groups in total. The lowest BCUT2D eigenvalue weighted by Crippen LogP contribution is -1.96. The topological polar surface area (TPSA) is 63.3 Å². The lowest BCUT2D eigenvalue weighted by molar-refractivity contribution is 0.0697. The van der Waals surface area contributed by atoms with Crippen LogP contribution in [0.5, 0.6) is 0 Å². The highest BCUT2D eigenvalue weighted by Gasteiger charge is 2.08. The molecule has 0 bridgehead atoms. The van der Waals surface area contributed by atoms with Crippen molar-refractivity contribution in [2.24, 2.45) is 0 Å². The molecule has 4 heteroatoms. The van der Waals surface area contributed by atoms with Crippen molar-refractivity contribution in [3.05, 3.63) is 29.5 Å². The van der Waals surface area contributed by atoms with Gasteiger partial charge in [-0.3, -0.25) is 0 Å². The average Bonchev–Trinajstić information content (AvgIpc) is 2.51. The summed E-state index contributed by atoms with van der Waals surface area (Å²) in [6, 6.07) is 3.11. The van der Waals surface area contributed by atoms with Crippen molar-refractivity contribution in [1.29, 1.82) is 0 Å². The largest absolute Gasteiger partial charge is 0.478 e. The molecule has 0 aliphatic carbocycles. The molecule has 1 aromatic heterocycles. The Morgan fingerprint density at radius 3 is 3.00 bits per heavy atom. The van der Waals surface area contributed by atoms with Crippen LogP contribution in [0.2, 0.25) is 0 Å². The Hall–Kier alpha value is -1.84. The van der Waals surface area contributed by atoms with Gasteiger partial charge in [-0.05, 0) is 24.6 Å². The second kappa shape index (κ2) is 2.58. The second-order valence-corrected chi connectivity index (χ2v) is 2.84. The number of aryl methyl sites for hydroxylation is 1. The molecule has 0 spiro atoms. The van der Waals surface area contributed by atoms with Gasteiger partial charge < -0.3 is 9.63 Å². The third-order valence-corrected chi connectivity index (χ3v) is 1.89. The Balaban J connectivity index is 2.77. The van der Waals surface area contributed by atoms with E-state index >= 15 is 0 Å². The van der Waals surface area contributed by atoms with Crippen molar-refractivity contribution in [2.75, 3.05) is 0 Å². The molecule has 2 aromatic rings. The molecule has 0 unspecified atom stereocenters. The molecule has 0 fully saturated rings. The number of fused-ring (bicyclic) bond motifs is 1. The smallest absolute Gasteiger partial charge is 0.335 e. The van der Waals surface area contributed by atoms with Crippen molar-refractivity contribution in [2.45, 2.75) is 6.92 Å². The van der Waals surface area contributed by atoms with Crippen LogP contribution in [0.4, 0.5) is 0 Å². The number of aromatic nitrogens is 1. The summed E-state index contributed by atoms with van der Waals surface area (Å²) in [7, 11) is 0. The fourth-order valence-electron chi connectivity index (χ4n) is 1.28. The Morgan fingerprint density at radius 2 is 2.31 bits per heavy atom. The van der Waals surface area contributed by atoms with E-state index in [4.69, 9.17) is 9.63 Å². The fourth-order valence-corrected chi connectivity index (χ4v) is 1.28. The van der Waals surface area contributed by atoms with Gasteiger partial charge in [-0.25, -0.2) is 4.79 Å². The van der Waals surface area contributed by atoms with Crippen molar-refractivity contribution >= 4 is 16.9 Å². The van der Waals surface area contributed by atoms with Gasteiger partial charge >= 0.3 is 5.97 Å². The van der Waals surface area contributed by atoms with Crippen molar-refractivity contribution in [3.8, 4) is 0 Å². The summed E-state index contributed by atoms with van der Waals surface area (Å²) in [6.07, 6.45) is 1.51. The number of carbonyl (C=O) groups is 1. The van der Waals surface area contributed by atoms with E-state index in [1.165, 1.54) is 6.20 Å². The zero-order valence-electron chi connectivity index (χ0n) is 6.94. The van der Waals surface area contributed by atoms with Gasteiger partial charge in [0.2, 0.25) is 0 Å². The van der Waals surface area contributed by atoms with Gasteiger partial charge in [0.05, 0.1) is 11.8 Å². The first-order valence-corrected chi connectivity index (χ1v) is 3.77. The van der Waals surface area contributed by atoms with E-state index in [9.17, 15) is 4.79 Å². The van der Waals surface area contributed by atoms with Gasteiger partial charge in [0.15, 0.2) is 5.58 Å². The van der Waals surface area contributed by atoms with Crippen LogP contribution in [0.1, 0.15) is 15.9 Å². The Bertz CT molecular complexity index is 473. The summed E-state index contributed by atoms with van der Waals surface area (Å²) in [5.41, 5.74) is 1.69. The van der Waals surface area contributed by atoms with Crippen LogP contribution in [0.3, 0.4) is 0 Å². The zero-order chi connectivity index (χ0) is 9.42. The number of nitrogens with zero attached hydrogens (tertiary/aromatic N) is 1. The highest BCUT2D eigenvalue weighted by atomic mass is 16.5. The van der Waals surface area contributed by atoms with Crippen molar-refractivity contribution < 1.29 is 14.4 Å². The van der Waals surface area contributed by atoms with Gasteiger partial charge in [0, 0.05) is 5.39 Å². The van der Waals surface area contributed by atoms with Crippen LogP contribution in [0, 0.1) is 6.92 Å². The van der Waals surface area contributed by atoms with Gasteiger partial charge in [0.25, 0.3) is 0 Å². The molecule has 0 atom stereocenters. The predicted octanol–water partition coefficient (Wildman–Crippen LogP) is 1.83. The molecule has 1 heterocycles. The molecule has 13 heavy (non-hydrogen) atoms. The molecule has 0 aliphatic heterocycles. The van der Waals surface area contributed by atoms with Gasteiger partial charge in [-0.15, -0.1) is 0 Å². The van der Waals surface area contributed by atoms with E-state index in [2.05, 4.69) is 5.16 Å². The van der Waals surface area contributed by atoms with E-state index in [0.717, 1.165) is 10.9 Å². The second-order valence-electron chi connectivity index (χ2n) is 2.84. The Morgan fingerprint density at radius 1 is 1.54 bits per heavy atom. The molecule has 0 amide bonds. The van der Waals surface area contributed by atoms with E-state index in [0.29, 0.717) is 5.58 Å². The molecule has 4 nitrogen and oxygen atoms in total. The Kier molecular flexibility index (Phi) is 1.55. The van der Waals surface area contributed by atoms with Crippen LogP contribution in [-0.4, -0.2) is 16.2 Å². The molecular weight excluding hydrogens is 170 g/mol. The van der Waals surface area contributed by atoms with Crippen LogP contribution >= 0.6 is 0 Å². The molecule has 0 radical (unpaired) electrons. The lowest BCUT2D eigenvalue weighted by Gasteiger charge is -1.96. The minimum Gasteiger partial charge on any atom is -0.478 e. The van der Waals surface area contributed by atoms with Crippen molar-refractivity contribution in [1.82, 2.24) is 5.16 Å². The molecule has 0 saturated carbocycles. The van der Waals surface area contributed by atoms with Crippen LogP contribution in [0.15, 0.2) is 22.9 Å². The summed E-state index contributed by atoms with van der Waals surface area (Å²) in [4.78, 5) is 10.7. The van der Waals surface area contributed by atoms with E-state index in [1.807, 2.05) is 0 Å².